The summed E-state index contributed by atoms with van der Waals surface area (Å²) >= 11 is 0. The minimum Gasteiger partial charge on any atom is -0.494 e. The number of unbranched alkanes of at least 4 members (excludes halogenated alkanes) is 1. The van der Waals surface area contributed by atoms with Crippen LogP contribution in [-0.4, -0.2) is 20.3 Å². The molecule has 3 aromatic rings. The first kappa shape index (κ1) is 22.9. The van der Waals surface area contributed by atoms with Gasteiger partial charge in [0.1, 0.15) is 12.4 Å². The molecule has 0 radical (unpaired) electrons. The zero-order chi connectivity index (χ0) is 22.9. The highest BCUT2D eigenvalue weighted by molar-refractivity contribution is 5.56. The molecule has 1 atom stereocenters. The fourth-order valence-corrected chi connectivity index (χ4v) is 4.03. The highest BCUT2D eigenvalue weighted by atomic mass is 16.5. The SMILES string of the molecule is CCCCOc1cccc(/C=C/C2NCCc3cc(OCc4ccccc4)c(OC)cc32)c1. The number of rotatable bonds is 10. The monoisotopic (exact) mass is 443 g/mol. The van der Waals surface area contributed by atoms with E-state index in [1.165, 1.54) is 11.1 Å². The second kappa shape index (κ2) is 11.6. The molecule has 172 valence electrons. The molecule has 4 rings (SSSR count). The van der Waals surface area contributed by atoms with E-state index in [-0.39, 0.29) is 6.04 Å². The van der Waals surface area contributed by atoms with E-state index in [1.807, 2.05) is 30.3 Å². The van der Waals surface area contributed by atoms with Crippen molar-refractivity contribution in [3.63, 3.8) is 0 Å². The standard InChI is InChI=1S/C29H33NO3/c1-3-4-17-32-25-12-8-11-22(18-25)13-14-27-26-20-28(31-2)29(19-24(26)15-16-30-27)33-21-23-9-6-5-7-10-23/h5-14,18-20,27,30H,3-4,15-17,21H2,1-2H3/b14-13+. The van der Waals surface area contributed by atoms with Gasteiger partial charge >= 0.3 is 0 Å². The number of methoxy groups -OCH3 is 1. The Kier molecular flexibility index (Phi) is 8.04. The smallest absolute Gasteiger partial charge is 0.161 e. The summed E-state index contributed by atoms with van der Waals surface area (Å²) in [6, 6.07) is 22.8. The van der Waals surface area contributed by atoms with Crippen LogP contribution in [0.3, 0.4) is 0 Å². The Bertz CT molecular complexity index is 1060. The fourth-order valence-electron chi connectivity index (χ4n) is 4.03. The molecule has 1 N–H and O–H groups in total. The molecule has 0 spiro atoms. The fraction of sp³-hybridized carbons (Fsp3) is 0.310. The van der Waals surface area contributed by atoms with E-state index in [4.69, 9.17) is 14.2 Å². The van der Waals surface area contributed by atoms with E-state index < -0.39 is 0 Å². The van der Waals surface area contributed by atoms with Crippen molar-refractivity contribution < 1.29 is 14.2 Å². The molecule has 0 aliphatic carbocycles. The zero-order valence-corrected chi connectivity index (χ0v) is 19.6. The summed E-state index contributed by atoms with van der Waals surface area (Å²) in [5, 5.41) is 3.62. The summed E-state index contributed by atoms with van der Waals surface area (Å²) in [5.74, 6) is 2.48. The third-order valence-electron chi connectivity index (χ3n) is 5.86. The van der Waals surface area contributed by atoms with Crippen LogP contribution in [0.2, 0.25) is 0 Å². The molecule has 1 aliphatic rings. The van der Waals surface area contributed by atoms with Gasteiger partial charge in [0, 0.05) is 6.54 Å². The summed E-state index contributed by atoms with van der Waals surface area (Å²) in [4.78, 5) is 0. The molecule has 1 heterocycles. The number of ether oxygens (including phenoxy) is 3. The van der Waals surface area contributed by atoms with Crippen molar-refractivity contribution in [2.75, 3.05) is 20.3 Å². The Morgan fingerprint density at radius 3 is 2.67 bits per heavy atom. The van der Waals surface area contributed by atoms with Gasteiger partial charge in [-0.25, -0.2) is 0 Å². The lowest BCUT2D eigenvalue weighted by Crippen LogP contribution is -2.28. The van der Waals surface area contributed by atoms with Crippen LogP contribution in [0, 0.1) is 0 Å². The van der Waals surface area contributed by atoms with Gasteiger partial charge in [-0.1, -0.05) is 68.0 Å². The van der Waals surface area contributed by atoms with E-state index in [9.17, 15) is 0 Å². The van der Waals surface area contributed by atoms with Crippen molar-refractivity contribution in [3.05, 3.63) is 95.1 Å². The minimum absolute atomic E-state index is 0.121. The number of hydrogen-bond acceptors (Lipinski definition) is 4. The van der Waals surface area contributed by atoms with Gasteiger partial charge in [0.25, 0.3) is 0 Å². The number of benzene rings is 3. The van der Waals surface area contributed by atoms with Gasteiger partial charge in [0.15, 0.2) is 11.5 Å². The first-order valence-corrected chi connectivity index (χ1v) is 11.8. The van der Waals surface area contributed by atoms with E-state index >= 15 is 0 Å². The van der Waals surface area contributed by atoms with E-state index in [0.29, 0.717) is 6.61 Å². The highest BCUT2D eigenvalue weighted by Gasteiger charge is 2.21. The largest absolute Gasteiger partial charge is 0.494 e. The molecule has 0 fully saturated rings. The molecule has 1 aliphatic heterocycles. The van der Waals surface area contributed by atoms with E-state index in [2.05, 4.69) is 60.8 Å². The van der Waals surface area contributed by atoms with Gasteiger partial charge < -0.3 is 19.5 Å². The minimum atomic E-state index is 0.121. The number of fused-ring (bicyclic) bond motifs is 1. The Morgan fingerprint density at radius 1 is 0.970 bits per heavy atom. The third-order valence-corrected chi connectivity index (χ3v) is 5.86. The maximum atomic E-state index is 6.12. The van der Waals surface area contributed by atoms with Crippen LogP contribution >= 0.6 is 0 Å². The van der Waals surface area contributed by atoms with Gasteiger partial charge in [-0.2, -0.15) is 0 Å². The van der Waals surface area contributed by atoms with Crippen molar-refractivity contribution in [2.24, 2.45) is 0 Å². The average Bonchev–Trinajstić information content (AvgIpc) is 2.86. The Hall–Kier alpha value is -3.24. The molecular weight excluding hydrogens is 410 g/mol. The van der Waals surface area contributed by atoms with Crippen LogP contribution in [0.4, 0.5) is 0 Å². The third kappa shape index (κ3) is 6.17. The molecule has 0 aromatic heterocycles. The van der Waals surface area contributed by atoms with Crippen molar-refractivity contribution in [1.29, 1.82) is 0 Å². The van der Waals surface area contributed by atoms with Crippen LogP contribution in [0.15, 0.2) is 72.8 Å². The van der Waals surface area contributed by atoms with Crippen molar-refractivity contribution in [1.82, 2.24) is 5.32 Å². The van der Waals surface area contributed by atoms with Crippen molar-refractivity contribution >= 4 is 6.08 Å². The summed E-state index contributed by atoms with van der Waals surface area (Å²) in [6.07, 6.45) is 7.54. The van der Waals surface area contributed by atoms with Gasteiger partial charge in [-0.3, -0.25) is 0 Å². The van der Waals surface area contributed by atoms with E-state index in [1.54, 1.807) is 7.11 Å². The molecule has 4 heteroatoms. The lowest BCUT2D eigenvalue weighted by atomic mass is 9.93. The Balaban J connectivity index is 1.49. The van der Waals surface area contributed by atoms with Crippen molar-refractivity contribution in [2.45, 2.75) is 38.8 Å². The molecule has 1 unspecified atom stereocenters. The van der Waals surface area contributed by atoms with Crippen LogP contribution in [0.5, 0.6) is 17.2 Å². The summed E-state index contributed by atoms with van der Waals surface area (Å²) in [7, 11) is 1.70. The molecule has 33 heavy (non-hydrogen) atoms. The topological polar surface area (TPSA) is 39.7 Å². The number of nitrogens with one attached hydrogen (secondary N) is 1. The van der Waals surface area contributed by atoms with Gasteiger partial charge in [0.05, 0.1) is 19.8 Å². The summed E-state index contributed by atoms with van der Waals surface area (Å²) in [5.41, 5.74) is 4.80. The van der Waals surface area contributed by atoms with Gasteiger partial charge in [-0.05, 0) is 59.4 Å². The maximum absolute atomic E-state index is 6.12. The lowest BCUT2D eigenvalue weighted by molar-refractivity contribution is 0.283. The molecule has 0 bridgehead atoms. The molecule has 0 saturated heterocycles. The maximum Gasteiger partial charge on any atom is 0.161 e. The second-order valence-corrected chi connectivity index (χ2v) is 8.29. The predicted octanol–water partition coefficient (Wildman–Crippen LogP) is 6.35. The Morgan fingerprint density at radius 2 is 1.85 bits per heavy atom. The van der Waals surface area contributed by atoms with Crippen LogP contribution < -0.4 is 19.5 Å². The molecule has 3 aromatic carbocycles. The normalized spacial score (nSPS) is 15.3. The van der Waals surface area contributed by atoms with Crippen molar-refractivity contribution in [3.8, 4) is 17.2 Å². The first-order valence-electron chi connectivity index (χ1n) is 11.8. The molecule has 4 nitrogen and oxygen atoms in total. The summed E-state index contributed by atoms with van der Waals surface area (Å²) in [6.45, 7) is 4.38. The first-order chi connectivity index (χ1) is 16.3. The van der Waals surface area contributed by atoms with Crippen LogP contribution in [0.25, 0.3) is 6.08 Å². The summed E-state index contributed by atoms with van der Waals surface area (Å²) < 4.78 is 17.7. The Labute approximate surface area is 197 Å². The van der Waals surface area contributed by atoms with Crippen LogP contribution in [-0.2, 0) is 13.0 Å². The highest BCUT2D eigenvalue weighted by Crippen LogP contribution is 2.36. The number of hydrogen-bond donors (Lipinski definition) is 1. The molecule has 0 saturated carbocycles. The quantitative estimate of drug-likeness (QED) is 0.371. The molecule has 0 amide bonds. The van der Waals surface area contributed by atoms with Crippen LogP contribution in [0.1, 0.15) is 48.1 Å². The van der Waals surface area contributed by atoms with Gasteiger partial charge in [-0.15, -0.1) is 0 Å². The average molecular weight is 444 g/mol. The second-order valence-electron chi connectivity index (χ2n) is 8.29. The predicted molar refractivity (Wildman–Crippen MR) is 134 cm³/mol. The van der Waals surface area contributed by atoms with E-state index in [0.717, 1.165) is 60.8 Å². The zero-order valence-electron chi connectivity index (χ0n) is 19.6. The lowest BCUT2D eigenvalue weighted by Gasteiger charge is -2.26. The van der Waals surface area contributed by atoms with Gasteiger partial charge in [0.2, 0.25) is 0 Å². The molecular formula is C29H33NO3.